The van der Waals surface area contributed by atoms with Crippen LogP contribution < -0.4 is 10.9 Å². The maximum Gasteiger partial charge on any atom is 0.287 e. The molecule has 1 N–H and O–H groups in total. The van der Waals surface area contributed by atoms with Gasteiger partial charge in [0.15, 0.2) is 0 Å². The van der Waals surface area contributed by atoms with Crippen LogP contribution in [0.25, 0.3) is 0 Å². The molecule has 0 aromatic carbocycles. The molecule has 0 atom stereocenters. The zero-order valence-corrected chi connectivity index (χ0v) is 10.9. The second-order valence-corrected chi connectivity index (χ2v) is 4.26. The fourth-order valence-electron chi connectivity index (χ4n) is 1.15. The number of hydrogen-bond donors (Lipinski definition) is 1. The Kier molecular flexibility index (Phi) is 5.44. The largest absolute Gasteiger partial charge is 0.354 e. The maximum atomic E-state index is 11.6. The van der Waals surface area contributed by atoms with Crippen LogP contribution in [0.5, 0.6) is 0 Å². The van der Waals surface area contributed by atoms with Gasteiger partial charge in [-0.3, -0.25) is 9.59 Å². The van der Waals surface area contributed by atoms with Gasteiger partial charge in [0.2, 0.25) is 5.91 Å². The molecular formula is C10H13Cl2N3O2. The summed E-state index contributed by atoms with van der Waals surface area (Å²) < 4.78 is 0.982. The molecule has 0 saturated heterocycles. The van der Waals surface area contributed by atoms with Gasteiger partial charge < -0.3 is 5.32 Å². The topological polar surface area (TPSA) is 64.0 Å². The van der Waals surface area contributed by atoms with Gasteiger partial charge in [0.05, 0.1) is 11.2 Å². The summed E-state index contributed by atoms with van der Waals surface area (Å²) in [5.74, 6) is -0.272. The first kappa shape index (κ1) is 14.0. The van der Waals surface area contributed by atoms with Gasteiger partial charge in [0, 0.05) is 6.54 Å². The molecule has 0 aliphatic rings. The molecule has 1 rings (SSSR count). The van der Waals surface area contributed by atoms with Gasteiger partial charge in [-0.2, -0.15) is 5.10 Å². The molecule has 1 aromatic rings. The van der Waals surface area contributed by atoms with Crippen molar-refractivity contribution < 1.29 is 4.79 Å². The smallest absolute Gasteiger partial charge is 0.287 e. The van der Waals surface area contributed by atoms with Gasteiger partial charge in [-0.15, -0.1) is 0 Å². The molecule has 0 bridgehead atoms. The lowest BCUT2D eigenvalue weighted by Gasteiger charge is -2.06. The molecule has 5 nitrogen and oxygen atoms in total. The lowest BCUT2D eigenvalue weighted by atomic mass is 10.3. The number of carbonyl (C=O) groups is 1. The first-order valence-corrected chi connectivity index (χ1v) is 5.99. The van der Waals surface area contributed by atoms with Gasteiger partial charge in [-0.05, 0) is 6.42 Å². The van der Waals surface area contributed by atoms with Crippen molar-refractivity contribution in [2.24, 2.45) is 0 Å². The van der Waals surface area contributed by atoms with Crippen molar-refractivity contribution in [2.75, 3.05) is 6.54 Å². The van der Waals surface area contributed by atoms with Crippen molar-refractivity contribution in [1.82, 2.24) is 15.1 Å². The minimum atomic E-state index is -0.565. The summed E-state index contributed by atoms with van der Waals surface area (Å²) in [5, 5.41) is 6.37. The van der Waals surface area contributed by atoms with Crippen LogP contribution in [0.4, 0.5) is 0 Å². The standard InChI is InChI=1S/C10H13Cl2N3O2/c1-2-3-4-13-8(16)6-15-10(17)9(12)7(11)5-14-15/h5H,2-4,6H2,1H3,(H,13,16). The lowest BCUT2D eigenvalue weighted by molar-refractivity contribution is -0.121. The van der Waals surface area contributed by atoms with Gasteiger partial charge in [0.1, 0.15) is 11.6 Å². The average molecular weight is 278 g/mol. The zero-order chi connectivity index (χ0) is 12.8. The van der Waals surface area contributed by atoms with Crippen molar-refractivity contribution in [3.05, 3.63) is 26.6 Å². The Bertz CT molecular complexity index is 459. The van der Waals surface area contributed by atoms with Crippen LogP contribution >= 0.6 is 23.2 Å². The predicted molar refractivity (Wildman–Crippen MR) is 66.4 cm³/mol. The Morgan fingerprint density at radius 1 is 1.53 bits per heavy atom. The maximum absolute atomic E-state index is 11.6. The molecule has 1 heterocycles. The summed E-state index contributed by atoms with van der Waals surface area (Å²) in [6, 6.07) is 0. The summed E-state index contributed by atoms with van der Waals surface area (Å²) in [5.41, 5.74) is -0.565. The van der Waals surface area contributed by atoms with Gasteiger partial charge in [0.25, 0.3) is 5.56 Å². The van der Waals surface area contributed by atoms with E-state index in [1.54, 1.807) is 0 Å². The lowest BCUT2D eigenvalue weighted by Crippen LogP contribution is -2.34. The molecule has 17 heavy (non-hydrogen) atoms. The van der Waals surface area contributed by atoms with Crippen molar-refractivity contribution in [1.29, 1.82) is 0 Å². The first-order valence-electron chi connectivity index (χ1n) is 5.24. The Labute approximate surface area is 109 Å². The van der Waals surface area contributed by atoms with Crippen LogP contribution in [0.1, 0.15) is 19.8 Å². The molecule has 7 heteroatoms. The molecule has 0 unspecified atom stereocenters. The molecule has 94 valence electrons. The number of amides is 1. The van der Waals surface area contributed by atoms with Crippen molar-refractivity contribution >= 4 is 29.1 Å². The number of nitrogens with one attached hydrogen (secondary N) is 1. The van der Waals surface area contributed by atoms with Crippen LogP contribution in [0, 0.1) is 0 Å². The third-order valence-corrected chi connectivity index (χ3v) is 2.84. The van der Waals surface area contributed by atoms with E-state index in [-0.39, 0.29) is 22.5 Å². The van der Waals surface area contributed by atoms with Crippen molar-refractivity contribution in [3.8, 4) is 0 Å². The Hall–Kier alpha value is -1.07. The van der Waals surface area contributed by atoms with Crippen LogP contribution in [0.15, 0.2) is 11.0 Å². The van der Waals surface area contributed by atoms with Crippen LogP contribution in [-0.2, 0) is 11.3 Å². The average Bonchev–Trinajstić information content (AvgIpc) is 2.30. The fourth-order valence-corrected chi connectivity index (χ4v) is 1.42. The predicted octanol–water partition coefficient (Wildman–Crippen LogP) is 1.47. The Balaban J connectivity index is 2.66. The minimum Gasteiger partial charge on any atom is -0.354 e. The van der Waals surface area contributed by atoms with Crippen LogP contribution in [-0.4, -0.2) is 22.2 Å². The quantitative estimate of drug-likeness (QED) is 0.829. The number of halogens is 2. The summed E-state index contributed by atoms with van der Waals surface area (Å²) in [6.45, 7) is 2.46. The van der Waals surface area contributed by atoms with Crippen molar-refractivity contribution in [2.45, 2.75) is 26.3 Å². The van der Waals surface area contributed by atoms with E-state index in [9.17, 15) is 9.59 Å². The van der Waals surface area contributed by atoms with E-state index >= 15 is 0 Å². The SMILES string of the molecule is CCCCNC(=O)Cn1ncc(Cl)c(Cl)c1=O. The van der Waals surface area contributed by atoms with E-state index in [4.69, 9.17) is 23.2 Å². The molecule has 0 fully saturated rings. The van der Waals surface area contributed by atoms with E-state index in [0.717, 1.165) is 17.5 Å². The number of nitrogens with zero attached hydrogens (tertiary/aromatic N) is 2. The van der Waals surface area contributed by atoms with Crippen LogP contribution in [0.2, 0.25) is 10.0 Å². The van der Waals surface area contributed by atoms with E-state index in [1.807, 2.05) is 6.92 Å². The number of unbranched alkanes of at least 4 members (excludes halogenated alkanes) is 1. The summed E-state index contributed by atoms with van der Waals surface area (Å²) in [4.78, 5) is 23.0. The molecule has 0 aliphatic heterocycles. The third-order valence-electron chi connectivity index (χ3n) is 2.09. The first-order chi connectivity index (χ1) is 8.06. The monoisotopic (exact) mass is 277 g/mol. The van der Waals surface area contributed by atoms with Crippen molar-refractivity contribution in [3.63, 3.8) is 0 Å². The second-order valence-electron chi connectivity index (χ2n) is 3.47. The molecule has 0 aliphatic carbocycles. The third kappa shape index (κ3) is 4.02. The number of hydrogen-bond acceptors (Lipinski definition) is 3. The van der Waals surface area contributed by atoms with E-state index < -0.39 is 5.56 Å². The number of aromatic nitrogens is 2. The highest BCUT2D eigenvalue weighted by molar-refractivity contribution is 6.41. The van der Waals surface area contributed by atoms with Crippen LogP contribution in [0.3, 0.4) is 0 Å². The number of rotatable bonds is 5. The molecule has 0 radical (unpaired) electrons. The van der Waals surface area contributed by atoms with E-state index in [2.05, 4.69) is 10.4 Å². The molecule has 0 saturated carbocycles. The summed E-state index contributed by atoms with van der Waals surface area (Å²) in [7, 11) is 0. The molecular weight excluding hydrogens is 265 g/mol. The highest BCUT2D eigenvalue weighted by Crippen LogP contribution is 2.14. The highest BCUT2D eigenvalue weighted by Gasteiger charge is 2.10. The molecule has 1 amide bonds. The minimum absolute atomic E-state index is 0.0827. The van der Waals surface area contributed by atoms with Gasteiger partial charge in [-0.1, -0.05) is 36.5 Å². The second kappa shape index (κ2) is 6.61. The fraction of sp³-hybridized carbons (Fsp3) is 0.500. The summed E-state index contributed by atoms with van der Waals surface area (Å²) in [6.07, 6.45) is 3.13. The van der Waals surface area contributed by atoms with Gasteiger partial charge >= 0.3 is 0 Å². The highest BCUT2D eigenvalue weighted by atomic mass is 35.5. The van der Waals surface area contributed by atoms with E-state index in [1.165, 1.54) is 6.20 Å². The summed E-state index contributed by atoms with van der Waals surface area (Å²) >= 11 is 11.3. The van der Waals surface area contributed by atoms with Gasteiger partial charge in [-0.25, -0.2) is 4.68 Å². The number of carbonyl (C=O) groups excluding carboxylic acids is 1. The van der Waals surface area contributed by atoms with E-state index in [0.29, 0.717) is 6.54 Å². The molecule has 1 aromatic heterocycles. The Morgan fingerprint density at radius 3 is 2.88 bits per heavy atom. The molecule has 0 spiro atoms. The Morgan fingerprint density at radius 2 is 2.24 bits per heavy atom. The zero-order valence-electron chi connectivity index (χ0n) is 9.37. The normalized spacial score (nSPS) is 10.3.